The molecule has 0 saturated carbocycles. The smallest absolute Gasteiger partial charge is 0.267 e. The van der Waals surface area contributed by atoms with Gasteiger partial charge in [0.2, 0.25) is 12.0 Å². The molecule has 8 nitrogen and oxygen atoms in total. The van der Waals surface area contributed by atoms with Crippen molar-refractivity contribution in [3.63, 3.8) is 0 Å². The number of fused-ring (bicyclic) bond motifs is 1. The zero-order valence-electron chi connectivity index (χ0n) is 20.4. The molecule has 35 heavy (non-hydrogen) atoms. The molecule has 0 aromatic heterocycles. The third-order valence-electron chi connectivity index (χ3n) is 7.04. The van der Waals surface area contributed by atoms with Crippen molar-refractivity contribution in [2.24, 2.45) is 0 Å². The largest absolute Gasteiger partial charge is 0.485 e. The molecule has 2 amide bonds. The van der Waals surface area contributed by atoms with Crippen LogP contribution >= 0.6 is 0 Å². The zero-order chi connectivity index (χ0) is 24.2. The number of amides is 2. The van der Waals surface area contributed by atoms with Crippen LogP contribution in [-0.4, -0.2) is 103 Å². The number of aryl methyl sites for hydroxylation is 1. The van der Waals surface area contributed by atoms with Crippen molar-refractivity contribution >= 4 is 11.8 Å². The first-order valence-electron chi connectivity index (χ1n) is 12.5. The van der Waals surface area contributed by atoms with E-state index in [2.05, 4.69) is 41.0 Å². The first-order chi connectivity index (χ1) is 17.0. The number of benzene rings is 2. The summed E-state index contributed by atoms with van der Waals surface area (Å²) in [5, 5.41) is 0. The molecule has 0 bridgehead atoms. The van der Waals surface area contributed by atoms with Gasteiger partial charge in [0.15, 0.2) is 11.5 Å². The molecule has 186 valence electrons. The van der Waals surface area contributed by atoms with E-state index in [0.717, 1.165) is 32.7 Å². The number of para-hydroxylation sites is 2. The van der Waals surface area contributed by atoms with E-state index in [1.807, 2.05) is 34.1 Å². The lowest BCUT2D eigenvalue weighted by molar-refractivity contribution is -0.143. The molecule has 2 fully saturated rings. The molecule has 0 N–H and O–H groups in total. The van der Waals surface area contributed by atoms with E-state index in [9.17, 15) is 9.59 Å². The average Bonchev–Trinajstić information content (AvgIpc) is 2.89. The van der Waals surface area contributed by atoms with Gasteiger partial charge in [0, 0.05) is 58.9 Å². The fraction of sp³-hybridized carbons (Fsp3) is 0.481. The average molecular weight is 479 g/mol. The highest BCUT2D eigenvalue weighted by Crippen LogP contribution is 2.31. The van der Waals surface area contributed by atoms with Gasteiger partial charge in [-0.3, -0.25) is 19.4 Å². The van der Waals surface area contributed by atoms with Crippen molar-refractivity contribution in [2.45, 2.75) is 19.6 Å². The summed E-state index contributed by atoms with van der Waals surface area (Å²) < 4.78 is 11.6. The first-order valence-corrected chi connectivity index (χ1v) is 12.5. The Kier molecular flexibility index (Phi) is 7.20. The van der Waals surface area contributed by atoms with Crippen molar-refractivity contribution in [1.29, 1.82) is 0 Å². The highest BCUT2D eigenvalue weighted by molar-refractivity contribution is 5.82. The van der Waals surface area contributed by atoms with Gasteiger partial charge in [0.25, 0.3) is 5.91 Å². The molecule has 3 aliphatic rings. The summed E-state index contributed by atoms with van der Waals surface area (Å²) in [6, 6.07) is 16.0. The lowest BCUT2D eigenvalue weighted by Crippen LogP contribution is -2.56. The van der Waals surface area contributed by atoms with Crippen molar-refractivity contribution < 1.29 is 19.1 Å². The van der Waals surface area contributed by atoms with Gasteiger partial charge in [-0.2, -0.15) is 0 Å². The van der Waals surface area contributed by atoms with Gasteiger partial charge < -0.3 is 19.3 Å². The van der Waals surface area contributed by atoms with E-state index in [1.165, 1.54) is 11.1 Å². The molecule has 1 atom stereocenters. The standard InChI is InChI=1S/C27H34N4O4/c1-21-5-4-6-22(17-21)18-28-9-13-30(14-10-28)26(32)19-29-11-15-31(16-12-29)27(33)25-20-34-23-7-2-3-8-24(23)35-25/h2-8,17,25H,9-16,18-20H2,1H3. The van der Waals surface area contributed by atoms with Crippen LogP contribution in [0.25, 0.3) is 0 Å². The van der Waals surface area contributed by atoms with Gasteiger partial charge in [-0.25, -0.2) is 0 Å². The Balaban J connectivity index is 1.04. The van der Waals surface area contributed by atoms with Crippen molar-refractivity contribution in [1.82, 2.24) is 19.6 Å². The molecule has 0 spiro atoms. The molecule has 0 aliphatic carbocycles. The second-order valence-electron chi connectivity index (χ2n) is 9.61. The third-order valence-corrected chi connectivity index (χ3v) is 7.04. The van der Waals surface area contributed by atoms with E-state index in [0.29, 0.717) is 44.2 Å². The molecule has 3 heterocycles. The maximum atomic E-state index is 12.9. The number of piperazine rings is 2. The van der Waals surface area contributed by atoms with Gasteiger partial charge in [-0.1, -0.05) is 42.0 Å². The number of carbonyl (C=O) groups is 2. The second-order valence-corrected chi connectivity index (χ2v) is 9.61. The summed E-state index contributed by atoms with van der Waals surface area (Å²) in [4.78, 5) is 34.2. The predicted molar refractivity (Wildman–Crippen MR) is 132 cm³/mol. The van der Waals surface area contributed by atoms with E-state index in [-0.39, 0.29) is 18.4 Å². The minimum Gasteiger partial charge on any atom is -0.485 e. The number of hydrogen-bond acceptors (Lipinski definition) is 6. The van der Waals surface area contributed by atoms with E-state index >= 15 is 0 Å². The summed E-state index contributed by atoms with van der Waals surface area (Å²) in [6.07, 6.45) is -0.617. The topological polar surface area (TPSA) is 65.6 Å². The number of rotatable bonds is 5. The first kappa shape index (κ1) is 23.6. The number of hydrogen-bond donors (Lipinski definition) is 0. The molecule has 2 aromatic carbocycles. The second kappa shape index (κ2) is 10.7. The van der Waals surface area contributed by atoms with Crippen LogP contribution in [0.3, 0.4) is 0 Å². The minimum atomic E-state index is -0.617. The molecule has 0 radical (unpaired) electrons. The van der Waals surface area contributed by atoms with E-state index < -0.39 is 6.10 Å². The molecule has 5 rings (SSSR count). The Labute approximate surface area is 207 Å². The van der Waals surface area contributed by atoms with Gasteiger partial charge in [-0.15, -0.1) is 0 Å². The van der Waals surface area contributed by atoms with Crippen molar-refractivity contribution in [3.05, 3.63) is 59.7 Å². The molecule has 3 aliphatic heterocycles. The summed E-state index contributed by atoms with van der Waals surface area (Å²) in [5.74, 6) is 1.42. The van der Waals surface area contributed by atoms with Crippen molar-refractivity contribution in [2.75, 3.05) is 65.5 Å². The van der Waals surface area contributed by atoms with Gasteiger partial charge in [-0.05, 0) is 24.6 Å². The summed E-state index contributed by atoms with van der Waals surface area (Å²) in [7, 11) is 0. The van der Waals surface area contributed by atoms with Crippen LogP contribution in [0.4, 0.5) is 0 Å². The van der Waals surface area contributed by atoms with Crippen LogP contribution in [0.2, 0.25) is 0 Å². The lowest BCUT2D eigenvalue weighted by atomic mass is 10.1. The highest BCUT2D eigenvalue weighted by Gasteiger charge is 2.33. The SMILES string of the molecule is Cc1cccc(CN2CCN(C(=O)CN3CCN(C(=O)C4COc5ccccc5O4)CC3)CC2)c1. The number of nitrogens with zero attached hydrogens (tertiary/aromatic N) is 4. The Morgan fingerprint density at radius 2 is 1.51 bits per heavy atom. The molecule has 8 heteroatoms. The Bertz CT molecular complexity index is 1040. The maximum absolute atomic E-state index is 12.9. The lowest BCUT2D eigenvalue weighted by Gasteiger charge is -2.39. The summed E-state index contributed by atoms with van der Waals surface area (Å²) >= 11 is 0. The Morgan fingerprint density at radius 1 is 0.829 bits per heavy atom. The number of carbonyl (C=O) groups excluding carboxylic acids is 2. The zero-order valence-corrected chi connectivity index (χ0v) is 20.4. The highest BCUT2D eigenvalue weighted by atomic mass is 16.6. The third kappa shape index (κ3) is 5.77. The molecular formula is C27H34N4O4. The van der Waals surface area contributed by atoms with E-state index in [4.69, 9.17) is 9.47 Å². The monoisotopic (exact) mass is 478 g/mol. The Hall–Kier alpha value is -3.10. The fourth-order valence-electron chi connectivity index (χ4n) is 4.99. The van der Waals surface area contributed by atoms with Crippen molar-refractivity contribution in [3.8, 4) is 11.5 Å². The predicted octanol–water partition coefficient (Wildman–Crippen LogP) is 1.62. The molecule has 1 unspecified atom stereocenters. The normalized spacial score (nSPS) is 21.1. The van der Waals surface area contributed by atoms with Gasteiger partial charge in [0.1, 0.15) is 6.61 Å². The molecular weight excluding hydrogens is 444 g/mol. The Morgan fingerprint density at radius 3 is 2.26 bits per heavy atom. The van der Waals surface area contributed by atoms with Crippen LogP contribution in [0.5, 0.6) is 11.5 Å². The summed E-state index contributed by atoms with van der Waals surface area (Å²) in [5.41, 5.74) is 2.61. The fourth-order valence-corrected chi connectivity index (χ4v) is 4.99. The van der Waals surface area contributed by atoms with Crippen LogP contribution < -0.4 is 9.47 Å². The molecule has 2 aromatic rings. The van der Waals surface area contributed by atoms with Crippen LogP contribution in [0.15, 0.2) is 48.5 Å². The number of ether oxygens (including phenoxy) is 2. The molecule has 2 saturated heterocycles. The van der Waals surface area contributed by atoms with Crippen LogP contribution in [-0.2, 0) is 16.1 Å². The van der Waals surface area contributed by atoms with Crippen LogP contribution in [0, 0.1) is 6.92 Å². The van der Waals surface area contributed by atoms with Gasteiger partial charge in [0.05, 0.1) is 6.54 Å². The maximum Gasteiger partial charge on any atom is 0.267 e. The van der Waals surface area contributed by atoms with Gasteiger partial charge >= 0.3 is 0 Å². The quantitative estimate of drug-likeness (QED) is 0.651. The van der Waals surface area contributed by atoms with E-state index in [1.54, 1.807) is 0 Å². The van der Waals surface area contributed by atoms with Crippen LogP contribution in [0.1, 0.15) is 11.1 Å². The summed E-state index contributed by atoms with van der Waals surface area (Å²) in [6.45, 7) is 9.59. The minimum absolute atomic E-state index is 0.0461.